The molecule has 0 aliphatic carbocycles. The summed E-state index contributed by atoms with van der Waals surface area (Å²) in [5, 5.41) is 0. The van der Waals surface area contributed by atoms with E-state index in [0.29, 0.717) is 6.04 Å². The van der Waals surface area contributed by atoms with E-state index in [2.05, 4.69) is 28.7 Å². The molecule has 3 unspecified atom stereocenters. The predicted molar refractivity (Wildman–Crippen MR) is 83.9 cm³/mol. The zero-order chi connectivity index (χ0) is 14.2. The Morgan fingerprint density at radius 2 is 2.00 bits per heavy atom. The summed E-state index contributed by atoms with van der Waals surface area (Å²) in [6, 6.07) is 1.44. The van der Waals surface area contributed by atoms with Crippen molar-refractivity contribution in [3.05, 3.63) is 0 Å². The Bertz CT molecular complexity index is 334. The van der Waals surface area contributed by atoms with Crippen LogP contribution in [-0.2, 0) is 0 Å². The second kappa shape index (κ2) is 5.91. The molecule has 0 aromatic carbocycles. The molecule has 3 atom stereocenters. The Morgan fingerprint density at radius 1 is 1.15 bits per heavy atom. The highest BCUT2D eigenvalue weighted by Crippen LogP contribution is 2.38. The van der Waals surface area contributed by atoms with E-state index in [1.54, 1.807) is 0 Å². The van der Waals surface area contributed by atoms with Gasteiger partial charge in [-0.15, -0.1) is 0 Å². The molecule has 3 fully saturated rings. The molecule has 0 saturated carbocycles. The van der Waals surface area contributed by atoms with Crippen molar-refractivity contribution in [2.24, 2.45) is 5.73 Å². The van der Waals surface area contributed by atoms with Gasteiger partial charge >= 0.3 is 0 Å². The lowest BCUT2D eigenvalue weighted by Gasteiger charge is -2.52. The molecule has 2 N–H and O–H groups in total. The fraction of sp³-hybridized carbons (Fsp3) is 1.00. The molecule has 3 rings (SSSR count). The Labute approximate surface area is 124 Å². The first-order valence-corrected chi connectivity index (χ1v) is 8.54. The average Bonchev–Trinajstić information content (AvgIpc) is 2.82. The summed E-state index contributed by atoms with van der Waals surface area (Å²) in [6.07, 6.45) is 6.65. The van der Waals surface area contributed by atoms with Gasteiger partial charge in [0.2, 0.25) is 0 Å². The number of nitrogens with zero attached hydrogens (tertiary/aromatic N) is 3. The first-order chi connectivity index (χ1) is 9.64. The van der Waals surface area contributed by atoms with E-state index in [4.69, 9.17) is 5.73 Å². The zero-order valence-electron chi connectivity index (χ0n) is 13.4. The van der Waals surface area contributed by atoms with Crippen LogP contribution in [0.2, 0.25) is 0 Å². The maximum atomic E-state index is 6.33. The minimum atomic E-state index is 0.274. The molecular weight excluding hydrogens is 248 g/mol. The van der Waals surface area contributed by atoms with Gasteiger partial charge in [0.1, 0.15) is 0 Å². The highest BCUT2D eigenvalue weighted by atomic mass is 15.3. The smallest absolute Gasteiger partial charge is 0.0362 e. The van der Waals surface area contributed by atoms with Crippen LogP contribution in [0.5, 0.6) is 0 Å². The highest BCUT2D eigenvalue weighted by Gasteiger charge is 2.45. The van der Waals surface area contributed by atoms with Gasteiger partial charge in [-0.2, -0.15) is 0 Å². The molecule has 0 amide bonds. The molecule has 0 radical (unpaired) electrons. The number of piperidine rings is 1. The number of likely N-dealkylation sites (N-methyl/N-ethyl adjacent to an activating group) is 1. The van der Waals surface area contributed by atoms with Gasteiger partial charge in [-0.3, -0.25) is 4.90 Å². The standard InChI is InChI=1S/C16H32N4/c1-14-12-18(2)7-4-9-20(14)16(13-17)6-10-19-8-3-5-15(19)11-16/h14-15H,3-13,17H2,1-2H3. The Morgan fingerprint density at radius 3 is 2.80 bits per heavy atom. The Hall–Kier alpha value is -0.160. The van der Waals surface area contributed by atoms with Gasteiger partial charge in [-0.05, 0) is 59.2 Å². The van der Waals surface area contributed by atoms with Gasteiger partial charge in [0.25, 0.3) is 0 Å². The summed E-state index contributed by atoms with van der Waals surface area (Å²) >= 11 is 0. The van der Waals surface area contributed by atoms with Gasteiger partial charge < -0.3 is 15.5 Å². The number of nitrogens with two attached hydrogens (primary N) is 1. The van der Waals surface area contributed by atoms with E-state index in [1.807, 2.05) is 0 Å². The lowest BCUT2D eigenvalue weighted by molar-refractivity contribution is -0.0106. The van der Waals surface area contributed by atoms with Gasteiger partial charge in [0.15, 0.2) is 0 Å². The van der Waals surface area contributed by atoms with Crippen LogP contribution < -0.4 is 5.73 Å². The van der Waals surface area contributed by atoms with Gasteiger partial charge in [0.05, 0.1) is 0 Å². The van der Waals surface area contributed by atoms with Gasteiger partial charge in [0, 0.05) is 43.8 Å². The number of hydrogen-bond donors (Lipinski definition) is 1. The number of fused-ring (bicyclic) bond motifs is 1. The van der Waals surface area contributed by atoms with Gasteiger partial charge in [-0.25, -0.2) is 0 Å². The van der Waals surface area contributed by atoms with Crippen LogP contribution in [0.15, 0.2) is 0 Å². The van der Waals surface area contributed by atoms with Crippen LogP contribution in [0.4, 0.5) is 0 Å². The molecule has 4 heteroatoms. The molecule has 3 saturated heterocycles. The predicted octanol–water partition coefficient (Wildman–Crippen LogP) is 0.968. The molecule has 3 aliphatic rings. The van der Waals surface area contributed by atoms with Crippen molar-refractivity contribution in [3.63, 3.8) is 0 Å². The van der Waals surface area contributed by atoms with Crippen LogP contribution in [0.1, 0.15) is 39.0 Å². The Kier molecular flexibility index (Phi) is 4.37. The summed E-state index contributed by atoms with van der Waals surface area (Å²) in [6.45, 7) is 9.48. The normalized spacial score (nSPS) is 41.5. The monoisotopic (exact) mass is 280 g/mol. The first kappa shape index (κ1) is 14.8. The minimum absolute atomic E-state index is 0.274. The molecule has 4 nitrogen and oxygen atoms in total. The topological polar surface area (TPSA) is 35.7 Å². The quantitative estimate of drug-likeness (QED) is 0.817. The Balaban J connectivity index is 1.77. The second-order valence-corrected chi connectivity index (χ2v) is 7.37. The van der Waals surface area contributed by atoms with Crippen LogP contribution in [-0.4, -0.2) is 78.6 Å². The molecule has 0 bridgehead atoms. The summed E-state index contributed by atoms with van der Waals surface area (Å²) in [5.41, 5.74) is 6.60. The van der Waals surface area contributed by atoms with Crippen molar-refractivity contribution in [1.82, 2.24) is 14.7 Å². The molecule has 116 valence electrons. The summed E-state index contributed by atoms with van der Waals surface area (Å²) < 4.78 is 0. The molecular formula is C16H32N4. The van der Waals surface area contributed by atoms with E-state index < -0.39 is 0 Å². The van der Waals surface area contributed by atoms with Crippen molar-refractivity contribution in [2.45, 2.75) is 56.7 Å². The molecule has 0 spiro atoms. The van der Waals surface area contributed by atoms with Crippen LogP contribution >= 0.6 is 0 Å². The van der Waals surface area contributed by atoms with Crippen molar-refractivity contribution < 1.29 is 0 Å². The SMILES string of the molecule is CC1CN(C)CCCN1C1(CN)CCN2CCCC2C1. The van der Waals surface area contributed by atoms with Gasteiger partial charge in [-0.1, -0.05) is 0 Å². The second-order valence-electron chi connectivity index (χ2n) is 7.37. The van der Waals surface area contributed by atoms with Crippen LogP contribution in [0.25, 0.3) is 0 Å². The lowest BCUT2D eigenvalue weighted by atomic mass is 9.80. The molecule has 0 aromatic heterocycles. The van der Waals surface area contributed by atoms with E-state index in [1.165, 1.54) is 64.8 Å². The molecule has 0 aromatic rings. The summed E-state index contributed by atoms with van der Waals surface area (Å²) in [5.74, 6) is 0. The fourth-order valence-corrected chi connectivity index (χ4v) is 4.95. The first-order valence-electron chi connectivity index (χ1n) is 8.54. The number of hydrogen-bond acceptors (Lipinski definition) is 4. The molecule has 20 heavy (non-hydrogen) atoms. The van der Waals surface area contributed by atoms with Crippen LogP contribution in [0, 0.1) is 0 Å². The summed E-state index contributed by atoms with van der Waals surface area (Å²) in [7, 11) is 2.26. The molecule has 3 aliphatic heterocycles. The van der Waals surface area contributed by atoms with Crippen molar-refractivity contribution in [2.75, 3.05) is 46.3 Å². The highest BCUT2D eigenvalue weighted by molar-refractivity contribution is 5.03. The van der Waals surface area contributed by atoms with E-state index in [-0.39, 0.29) is 5.54 Å². The van der Waals surface area contributed by atoms with Crippen molar-refractivity contribution >= 4 is 0 Å². The third kappa shape index (κ3) is 2.63. The largest absolute Gasteiger partial charge is 0.329 e. The third-order valence-corrected chi connectivity index (χ3v) is 6.02. The van der Waals surface area contributed by atoms with E-state index >= 15 is 0 Å². The lowest BCUT2D eigenvalue weighted by Crippen LogP contribution is -2.63. The minimum Gasteiger partial charge on any atom is -0.329 e. The fourth-order valence-electron chi connectivity index (χ4n) is 4.95. The van der Waals surface area contributed by atoms with Crippen molar-refractivity contribution in [1.29, 1.82) is 0 Å². The average molecular weight is 280 g/mol. The van der Waals surface area contributed by atoms with Crippen LogP contribution in [0.3, 0.4) is 0 Å². The number of rotatable bonds is 2. The van der Waals surface area contributed by atoms with E-state index in [9.17, 15) is 0 Å². The summed E-state index contributed by atoms with van der Waals surface area (Å²) in [4.78, 5) is 7.98. The van der Waals surface area contributed by atoms with Crippen molar-refractivity contribution in [3.8, 4) is 0 Å². The van der Waals surface area contributed by atoms with E-state index in [0.717, 1.165) is 12.6 Å². The maximum absolute atomic E-state index is 6.33. The third-order valence-electron chi connectivity index (χ3n) is 6.02. The zero-order valence-corrected chi connectivity index (χ0v) is 13.4. The maximum Gasteiger partial charge on any atom is 0.0362 e. The molecule has 3 heterocycles.